The predicted molar refractivity (Wildman–Crippen MR) is 78.0 cm³/mol. The number of nitrogens with one attached hydrogen (secondary N) is 2. The number of aromatic nitrogens is 1. The van der Waals surface area contributed by atoms with Crippen molar-refractivity contribution in [2.24, 2.45) is 5.41 Å². The van der Waals surface area contributed by atoms with Crippen LogP contribution in [0.25, 0.3) is 0 Å². The van der Waals surface area contributed by atoms with Gasteiger partial charge >= 0.3 is 0 Å². The molecule has 2 heterocycles. The van der Waals surface area contributed by atoms with Crippen LogP contribution in [0.2, 0.25) is 0 Å². The Bertz CT molecular complexity index is 331. The molecule has 0 amide bonds. The SMILES string of the molecule is CCCC1(CNC(CC)c2nccs2)CCNC1. The molecule has 1 aliphatic rings. The third-order valence-corrected chi connectivity index (χ3v) is 4.88. The fourth-order valence-electron chi connectivity index (χ4n) is 2.93. The van der Waals surface area contributed by atoms with E-state index in [1.54, 1.807) is 11.3 Å². The lowest BCUT2D eigenvalue weighted by Gasteiger charge is -2.30. The van der Waals surface area contributed by atoms with E-state index in [1.807, 2.05) is 6.20 Å². The lowest BCUT2D eigenvalue weighted by molar-refractivity contribution is 0.262. The minimum Gasteiger partial charge on any atom is -0.316 e. The molecule has 2 N–H and O–H groups in total. The van der Waals surface area contributed by atoms with E-state index in [-0.39, 0.29) is 0 Å². The Labute approximate surface area is 114 Å². The summed E-state index contributed by atoms with van der Waals surface area (Å²) in [6.07, 6.45) is 6.92. The van der Waals surface area contributed by atoms with Gasteiger partial charge in [0.1, 0.15) is 5.01 Å². The summed E-state index contributed by atoms with van der Waals surface area (Å²) in [5, 5.41) is 10.6. The molecule has 1 saturated heterocycles. The minimum absolute atomic E-state index is 0.430. The van der Waals surface area contributed by atoms with Gasteiger partial charge in [-0.05, 0) is 31.2 Å². The van der Waals surface area contributed by atoms with Crippen LogP contribution in [0, 0.1) is 5.41 Å². The molecule has 18 heavy (non-hydrogen) atoms. The monoisotopic (exact) mass is 267 g/mol. The molecule has 0 aliphatic carbocycles. The van der Waals surface area contributed by atoms with Gasteiger partial charge in [0.05, 0.1) is 6.04 Å². The van der Waals surface area contributed by atoms with Crippen molar-refractivity contribution in [1.82, 2.24) is 15.6 Å². The van der Waals surface area contributed by atoms with Crippen molar-refractivity contribution in [3.8, 4) is 0 Å². The van der Waals surface area contributed by atoms with Crippen LogP contribution >= 0.6 is 11.3 Å². The molecule has 3 nitrogen and oxygen atoms in total. The predicted octanol–water partition coefficient (Wildman–Crippen LogP) is 2.96. The van der Waals surface area contributed by atoms with Crippen molar-refractivity contribution in [1.29, 1.82) is 0 Å². The molecule has 1 aromatic heterocycles. The van der Waals surface area contributed by atoms with E-state index in [0.29, 0.717) is 11.5 Å². The molecule has 2 rings (SSSR count). The summed E-state index contributed by atoms with van der Waals surface area (Å²) in [6, 6.07) is 0.430. The molecule has 0 radical (unpaired) electrons. The summed E-state index contributed by atoms with van der Waals surface area (Å²) in [7, 11) is 0. The second-order valence-electron chi connectivity index (χ2n) is 5.39. The second kappa shape index (κ2) is 6.64. The van der Waals surface area contributed by atoms with E-state index in [9.17, 15) is 0 Å². The van der Waals surface area contributed by atoms with Crippen LogP contribution in [0.1, 0.15) is 50.6 Å². The van der Waals surface area contributed by atoms with Crippen LogP contribution in [0.3, 0.4) is 0 Å². The maximum Gasteiger partial charge on any atom is 0.109 e. The highest BCUT2D eigenvalue weighted by Crippen LogP contribution is 2.31. The van der Waals surface area contributed by atoms with Crippen molar-refractivity contribution in [2.75, 3.05) is 19.6 Å². The third kappa shape index (κ3) is 3.31. The van der Waals surface area contributed by atoms with E-state index in [2.05, 4.69) is 34.8 Å². The highest BCUT2D eigenvalue weighted by molar-refractivity contribution is 7.09. The summed E-state index contributed by atoms with van der Waals surface area (Å²) < 4.78 is 0. The molecule has 0 spiro atoms. The molecule has 2 unspecified atom stereocenters. The van der Waals surface area contributed by atoms with E-state index in [0.717, 1.165) is 13.0 Å². The van der Waals surface area contributed by atoms with Gasteiger partial charge in [0.2, 0.25) is 0 Å². The van der Waals surface area contributed by atoms with E-state index < -0.39 is 0 Å². The Morgan fingerprint density at radius 3 is 3.00 bits per heavy atom. The summed E-state index contributed by atoms with van der Waals surface area (Å²) in [4.78, 5) is 4.44. The second-order valence-corrected chi connectivity index (χ2v) is 6.31. The summed E-state index contributed by atoms with van der Waals surface area (Å²) in [5.41, 5.74) is 0.472. The zero-order valence-electron chi connectivity index (χ0n) is 11.5. The van der Waals surface area contributed by atoms with Crippen molar-refractivity contribution < 1.29 is 0 Å². The van der Waals surface area contributed by atoms with Gasteiger partial charge in [-0.2, -0.15) is 0 Å². The number of hydrogen-bond acceptors (Lipinski definition) is 4. The van der Waals surface area contributed by atoms with E-state index in [4.69, 9.17) is 0 Å². The van der Waals surface area contributed by atoms with Gasteiger partial charge in [0.25, 0.3) is 0 Å². The van der Waals surface area contributed by atoms with Crippen molar-refractivity contribution >= 4 is 11.3 Å². The van der Waals surface area contributed by atoms with Gasteiger partial charge in [-0.3, -0.25) is 0 Å². The van der Waals surface area contributed by atoms with Crippen LogP contribution < -0.4 is 10.6 Å². The maximum atomic E-state index is 4.44. The number of hydrogen-bond donors (Lipinski definition) is 2. The minimum atomic E-state index is 0.430. The lowest BCUT2D eigenvalue weighted by Crippen LogP contribution is -2.37. The van der Waals surface area contributed by atoms with Gasteiger partial charge in [-0.25, -0.2) is 4.98 Å². The molecule has 1 fully saturated rings. The molecule has 0 saturated carbocycles. The highest BCUT2D eigenvalue weighted by Gasteiger charge is 2.33. The topological polar surface area (TPSA) is 37.0 Å². The fourth-order valence-corrected chi connectivity index (χ4v) is 3.73. The molecule has 0 bridgehead atoms. The highest BCUT2D eigenvalue weighted by atomic mass is 32.1. The van der Waals surface area contributed by atoms with Crippen LogP contribution in [0.15, 0.2) is 11.6 Å². The van der Waals surface area contributed by atoms with Crippen LogP contribution in [0.4, 0.5) is 0 Å². The molecule has 2 atom stereocenters. The average Bonchev–Trinajstić information content (AvgIpc) is 3.02. The molecule has 0 aromatic carbocycles. The van der Waals surface area contributed by atoms with E-state index in [1.165, 1.54) is 37.4 Å². The fraction of sp³-hybridized carbons (Fsp3) is 0.786. The summed E-state index contributed by atoms with van der Waals surface area (Å²) in [5.74, 6) is 0. The van der Waals surface area contributed by atoms with Gasteiger partial charge in [-0.1, -0.05) is 20.3 Å². The normalized spacial score (nSPS) is 25.4. The smallest absolute Gasteiger partial charge is 0.109 e. The standard InChI is InChI=1S/C14H25N3S/c1-3-5-14(6-7-15-10-14)11-17-12(4-2)13-16-8-9-18-13/h8-9,12,15,17H,3-7,10-11H2,1-2H3. The zero-order chi connectivity index (χ0) is 12.8. The van der Waals surface area contributed by atoms with Crippen LogP contribution in [-0.4, -0.2) is 24.6 Å². The number of thiazole rings is 1. The first kappa shape index (κ1) is 14.0. The molecular formula is C14H25N3S. The Morgan fingerprint density at radius 1 is 1.56 bits per heavy atom. The summed E-state index contributed by atoms with van der Waals surface area (Å²) in [6.45, 7) is 7.99. The van der Waals surface area contributed by atoms with Gasteiger partial charge in [-0.15, -0.1) is 11.3 Å². The van der Waals surface area contributed by atoms with Gasteiger partial charge in [0, 0.05) is 24.7 Å². The van der Waals surface area contributed by atoms with Gasteiger partial charge < -0.3 is 10.6 Å². The Hall–Kier alpha value is -0.450. The Balaban J connectivity index is 1.92. The first-order valence-electron chi connectivity index (χ1n) is 7.13. The maximum absolute atomic E-state index is 4.44. The zero-order valence-corrected chi connectivity index (χ0v) is 12.4. The van der Waals surface area contributed by atoms with Gasteiger partial charge in [0.15, 0.2) is 0 Å². The number of rotatable bonds is 7. The number of nitrogens with zero attached hydrogens (tertiary/aromatic N) is 1. The quantitative estimate of drug-likeness (QED) is 0.797. The van der Waals surface area contributed by atoms with Crippen LogP contribution in [-0.2, 0) is 0 Å². The molecular weight excluding hydrogens is 242 g/mol. The average molecular weight is 267 g/mol. The first-order valence-corrected chi connectivity index (χ1v) is 8.01. The van der Waals surface area contributed by atoms with Crippen molar-refractivity contribution in [2.45, 2.75) is 45.6 Å². The first-order chi connectivity index (χ1) is 8.79. The Morgan fingerprint density at radius 2 is 2.44 bits per heavy atom. The summed E-state index contributed by atoms with van der Waals surface area (Å²) >= 11 is 1.76. The Kier molecular flexibility index (Phi) is 5.15. The molecule has 1 aliphatic heterocycles. The third-order valence-electron chi connectivity index (χ3n) is 3.99. The largest absolute Gasteiger partial charge is 0.316 e. The van der Waals surface area contributed by atoms with Crippen molar-refractivity contribution in [3.63, 3.8) is 0 Å². The van der Waals surface area contributed by atoms with E-state index >= 15 is 0 Å². The lowest BCUT2D eigenvalue weighted by atomic mass is 9.82. The van der Waals surface area contributed by atoms with Crippen molar-refractivity contribution in [3.05, 3.63) is 16.6 Å². The molecule has 4 heteroatoms. The molecule has 1 aromatic rings. The molecule has 102 valence electrons. The van der Waals surface area contributed by atoms with Crippen LogP contribution in [0.5, 0.6) is 0 Å².